The zero-order valence-corrected chi connectivity index (χ0v) is 13.9. The molecule has 126 valence electrons. The van der Waals surface area contributed by atoms with Gasteiger partial charge < -0.3 is 14.7 Å². The van der Waals surface area contributed by atoms with E-state index in [1.165, 1.54) is 30.1 Å². The van der Waals surface area contributed by atoms with Gasteiger partial charge in [0.25, 0.3) is 5.91 Å². The van der Waals surface area contributed by atoms with Gasteiger partial charge in [-0.25, -0.2) is 13.2 Å². The van der Waals surface area contributed by atoms with Crippen molar-refractivity contribution in [2.75, 3.05) is 25.2 Å². The lowest BCUT2D eigenvalue weighted by Gasteiger charge is -2.23. The van der Waals surface area contributed by atoms with E-state index in [1.807, 2.05) is 0 Å². The van der Waals surface area contributed by atoms with Crippen LogP contribution in [0.1, 0.15) is 16.8 Å². The van der Waals surface area contributed by atoms with Crippen LogP contribution in [0.2, 0.25) is 5.02 Å². The Kier molecular flexibility index (Phi) is 5.16. The van der Waals surface area contributed by atoms with Gasteiger partial charge >= 0.3 is 5.97 Å². The number of rotatable bonds is 4. The molecule has 0 aromatic heterocycles. The van der Waals surface area contributed by atoms with Crippen LogP contribution in [-0.4, -0.2) is 61.5 Å². The van der Waals surface area contributed by atoms with E-state index < -0.39 is 34.4 Å². The average Bonchev–Trinajstić information content (AvgIpc) is 2.83. The summed E-state index contributed by atoms with van der Waals surface area (Å²) in [5.74, 6) is -1.74. The van der Waals surface area contributed by atoms with Crippen LogP contribution in [0, 0.1) is 0 Å². The summed E-state index contributed by atoms with van der Waals surface area (Å²) in [5.41, 5.74) is -0.103. The molecule has 0 bridgehead atoms. The molecule has 1 fully saturated rings. The Bertz CT molecular complexity index is 733. The average molecular weight is 362 g/mol. The number of halogens is 1. The SMILES string of the molecule is CN(C(=O)COC(=O)c1ccc(Cl)cc1O)[C@@H]1CCS(=O)(=O)C1. The van der Waals surface area contributed by atoms with Crippen molar-refractivity contribution in [3.05, 3.63) is 28.8 Å². The molecule has 2 rings (SSSR count). The molecule has 1 aromatic rings. The number of nitrogens with zero attached hydrogens (tertiary/aromatic N) is 1. The number of amides is 1. The molecule has 1 aliphatic rings. The molecule has 1 aliphatic heterocycles. The topological polar surface area (TPSA) is 101 Å². The van der Waals surface area contributed by atoms with Gasteiger partial charge in [-0.1, -0.05) is 11.6 Å². The van der Waals surface area contributed by atoms with E-state index in [0.29, 0.717) is 6.42 Å². The lowest BCUT2D eigenvalue weighted by atomic mass is 10.2. The molecule has 0 unspecified atom stereocenters. The summed E-state index contributed by atoms with van der Waals surface area (Å²) in [7, 11) is -1.63. The normalized spacial score (nSPS) is 19.3. The van der Waals surface area contributed by atoms with Crippen LogP contribution >= 0.6 is 11.6 Å². The van der Waals surface area contributed by atoms with Crippen molar-refractivity contribution in [3.8, 4) is 5.75 Å². The number of hydrogen-bond acceptors (Lipinski definition) is 6. The van der Waals surface area contributed by atoms with Crippen LogP contribution in [0.25, 0.3) is 0 Å². The van der Waals surface area contributed by atoms with Crippen LogP contribution in [0.15, 0.2) is 18.2 Å². The maximum Gasteiger partial charge on any atom is 0.342 e. The zero-order valence-electron chi connectivity index (χ0n) is 12.4. The summed E-state index contributed by atoms with van der Waals surface area (Å²) >= 11 is 5.66. The maximum atomic E-state index is 12.0. The molecule has 1 saturated heterocycles. The van der Waals surface area contributed by atoms with Gasteiger partial charge in [-0.15, -0.1) is 0 Å². The Hall–Kier alpha value is -1.80. The predicted octanol–water partition coefficient (Wildman–Crippen LogP) is 0.848. The van der Waals surface area contributed by atoms with Crippen molar-refractivity contribution < 1.29 is 27.9 Å². The summed E-state index contributed by atoms with van der Waals surface area (Å²) in [6.07, 6.45) is 0.372. The van der Waals surface area contributed by atoms with Gasteiger partial charge in [-0.2, -0.15) is 0 Å². The Labute approximate surface area is 138 Å². The third kappa shape index (κ3) is 4.35. The zero-order chi connectivity index (χ0) is 17.2. The van der Waals surface area contributed by atoms with Gasteiger partial charge in [0.05, 0.1) is 11.5 Å². The van der Waals surface area contributed by atoms with Gasteiger partial charge in [0, 0.05) is 18.1 Å². The molecule has 1 amide bonds. The smallest absolute Gasteiger partial charge is 0.342 e. The Balaban J connectivity index is 1.92. The largest absolute Gasteiger partial charge is 0.507 e. The van der Waals surface area contributed by atoms with E-state index in [-0.39, 0.29) is 27.8 Å². The molecule has 1 heterocycles. The first-order valence-corrected chi connectivity index (χ1v) is 9.01. The highest BCUT2D eigenvalue weighted by molar-refractivity contribution is 7.91. The van der Waals surface area contributed by atoms with Crippen molar-refractivity contribution >= 4 is 33.3 Å². The fraction of sp³-hybridized carbons (Fsp3) is 0.429. The summed E-state index contributed by atoms with van der Waals surface area (Å²) in [6.45, 7) is -0.534. The van der Waals surface area contributed by atoms with Crippen molar-refractivity contribution in [1.29, 1.82) is 0 Å². The first kappa shape index (κ1) is 17.6. The number of carbonyl (C=O) groups is 2. The lowest BCUT2D eigenvalue weighted by Crippen LogP contribution is -2.40. The minimum absolute atomic E-state index is 0.0493. The van der Waals surface area contributed by atoms with E-state index in [4.69, 9.17) is 16.3 Å². The van der Waals surface area contributed by atoms with E-state index in [9.17, 15) is 23.1 Å². The molecule has 1 aromatic carbocycles. The number of aromatic hydroxyl groups is 1. The van der Waals surface area contributed by atoms with Crippen LogP contribution in [0.4, 0.5) is 0 Å². The second-order valence-electron chi connectivity index (χ2n) is 5.30. The minimum atomic E-state index is -3.11. The molecule has 0 aliphatic carbocycles. The van der Waals surface area contributed by atoms with Crippen LogP contribution < -0.4 is 0 Å². The standard InChI is InChI=1S/C14H16ClNO6S/c1-16(10-4-5-23(20,21)8-10)13(18)7-22-14(19)11-3-2-9(15)6-12(11)17/h2-3,6,10,17H,4-5,7-8H2,1H3/t10-/m1/s1. The second kappa shape index (κ2) is 6.76. The minimum Gasteiger partial charge on any atom is -0.507 e. The fourth-order valence-electron chi connectivity index (χ4n) is 2.27. The monoisotopic (exact) mass is 361 g/mol. The number of sulfone groups is 1. The molecule has 1 N–H and O–H groups in total. The van der Waals surface area contributed by atoms with Gasteiger partial charge in [0.2, 0.25) is 0 Å². The number of hydrogen-bond donors (Lipinski definition) is 1. The van der Waals surface area contributed by atoms with Crippen molar-refractivity contribution in [3.63, 3.8) is 0 Å². The third-order valence-electron chi connectivity index (χ3n) is 3.66. The van der Waals surface area contributed by atoms with E-state index >= 15 is 0 Å². The maximum absolute atomic E-state index is 12.0. The molecule has 0 saturated carbocycles. The van der Waals surface area contributed by atoms with Crippen molar-refractivity contribution in [2.45, 2.75) is 12.5 Å². The predicted molar refractivity (Wildman–Crippen MR) is 83.2 cm³/mol. The quantitative estimate of drug-likeness (QED) is 0.798. The highest BCUT2D eigenvalue weighted by Crippen LogP contribution is 2.22. The number of carbonyl (C=O) groups excluding carboxylic acids is 2. The number of esters is 1. The second-order valence-corrected chi connectivity index (χ2v) is 7.96. The summed E-state index contributed by atoms with van der Waals surface area (Å²) in [5, 5.41) is 9.88. The molecule has 7 nitrogen and oxygen atoms in total. The van der Waals surface area contributed by atoms with Gasteiger partial charge in [0.1, 0.15) is 11.3 Å². The van der Waals surface area contributed by atoms with Crippen LogP contribution in [0.5, 0.6) is 5.75 Å². The lowest BCUT2D eigenvalue weighted by molar-refractivity contribution is -0.134. The first-order valence-electron chi connectivity index (χ1n) is 6.81. The van der Waals surface area contributed by atoms with Gasteiger partial charge in [-0.05, 0) is 24.6 Å². The van der Waals surface area contributed by atoms with Crippen LogP contribution in [-0.2, 0) is 19.4 Å². The number of phenols is 1. The number of phenolic OH excluding ortho intramolecular Hbond substituents is 1. The molecule has 23 heavy (non-hydrogen) atoms. The highest BCUT2D eigenvalue weighted by Gasteiger charge is 2.33. The molecular formula is C14H16ClNO6S. The number of likely N-dealkylation sites (N-methyl/N-ethyl adjacent to an activating group) is 1. The van der Waals surface area contributed by atoms with Gasteiger partial charge in [0.15, 0.2) is 16.4 Å². The van der Waals surface area contributed by atoms with E-state index in [2.05, 4.69) is 0 Å². The van der Waals surface area contributed by atoms with Crippen molar-refractivity contribution in [1.82, 2.24) is 4.90 Å². The van der Waals surface area contributed by atoms with Crippen LogP contribution in [0.3, 0.4) is 0 Å². The number of ether oxygens (including phenoxy) is 1. The summed E-state index contributed by atoms with van der Waals surface area (Å²) < 4.78 is 27.7. The Morgan fingerprint density at radius 2 is 2.13 bits per heavy atom. The third-order valence-corrected chi connectivity index (χ3v) is 5.64. The van der Waals surface area contributed by atoms with E-state index in [1.54, 1.807) is 0 Å². The Morgan fingerprint density at radius 3 is 2.70 bits per heavy atom. The highest BCUT2D eigenvalue weighted by atomic mass is 35.5. The molecule has 0 radical (unpaired) electrons. The first-order chi connectivity index (χ1) is 10.7. The summed E-state index contributed by atoms with van der Waals surface area (Å²) in [4.78, 5) is 25.1. The molecule has 9 heteroatoms. The molecular weight excluding hydrogens is 346 g/mol. The number of benzene rings is 1. The summed E-state index contributed by atoms with van der Waals surface area (Å²) in [6, 6.07) is 3.48. The van der Waals surface area contributed by atoms with E-state index in [0.717, 1.165) is 0 Å². The van der Waals surface area contributed by atoms with Crippen molar-refractivity contribution in [2.24, 2.45) is 0 Å². The molecule has 1 atom stereocenters. The van der Waals surface area contributed by atoms with Gasteiger partial charge in [-0.3, -0.25) is 4.79 Å². The molecule has 0 spiro atoms. The fourth-order valence-corrected chi connectivity index (χ4v) is 4.21. The Morgan fingerprint density at radius 1 is 1.43 bits per heavy atom.